The number of benzene rings is 1. The van der Waals surface area contributed by atoms with E-state index in [1.807, 2.05) is 19.1 Å². The van der Waals surface area contributed by atoms with Gasteiger partial charge in [-0.15, -0.1) is 0 Å². The zero-order chi connectivity index (χ0) is 13.0. The predicted octanol–water partition coefficient (Wildman–Crippen LogP) is 2.02. The van der Waals surface area contributed by atoms with Crippen LogP contribution in [0.4, 0.5) is 0 Å². The lowest BCUT2D eigenvalue weighted by molar-refractivity contribution is -0.146. The third-order valence-corrected chi connectivity index (χ3v) is 2.70. The van der Waals surface area contributed by atoms with Crippen LogP contribution in [0.25, 0.3) is 0 Å². The number of carbonyl (C=O) groups excluding carboxylic acids is 2. The Kier molecular flexibility index (Phi) is 3.77. The van der Waals surface area contributed by atoms with Gasteiger partial charge in [0.25, 0.3) is 0 Å². The molecule has 1 aliphatic rings. The van der Waals surface area contributed by atoms with Gasteiger partial charge in [-0.05, 0) is 18.6 Å². The van der Waals surface area contributed by atoms with Gasteiger partial charge in [-0.25, -0.2) is 9.59 Å². The lowest BCUT2D eigenvalue weighted by Crippen LogP contribution is -2.26. The van der Waals surface area contributed by atoms with Crippen molar-refractivity contribution < 1.29 is 19.1 Å². The number of aryl methyl sites for hydroxylation is 1. The smallest absolute Gasteiger partial charge is 0.338 e. The van der Waals surface area contributed by atoms with Crippen molar-refractivity contribution in [2.24, 2.45) is 0 Å². The lowest BCUT2D eigenvalue weighted by atomic mass is 10.1. The second kappa shape index (κ2) is 5.49. The summed E-state index contributed by atoms with van der Waals surface area (Å²) in [6, 6.07) is 7.21. The second-order valence-corrected chi connectivity index (χ2v) is 4.11. The van der Waals surface area contributed by atoms with Crippen LogP contribution in [0.3, 0.4) is 0 Å². The Bertz CT molecular complexity index is 490. The molecule has 0 saturated heterocycles. The topological polar surface area (TPSA) is 52.6 Å². The third-order valence-electron chi connectivity index (χ3n) is 2.70. The van der Waals surface area contributed by atoms with Crippen LogP contribution in [0.15, 0.2) is 36.4 Å². The number of hydrogen-bond donors (Lipinski definition) is 0. The van der Waals surface area contributed by atoms with E-state index in [1.54, 1.807) is 18.2 Å². The van der Waals surface area contributed by atoms with Gasteiger partial charge in [0, 0.05) is 12.5 Å². The Morgan fingerprint density at radius 3 is 2.94 bits per heavy atom. The summed E-state index contributed by atoms with van der Waals surface area (Å²) in [5, 5.41) is 0. The van der Waals surface area contributed by atoms with E-state index in [-0.39, 0.29) is 12.7 Å². The summed E-state index contributed by atoms with van der Waals surface area (Å²) in [4.78, 5) is 22.8. The Labute approximate surface area is 105 Å². The van der Waals surface area contributed by atoms with Gasteiger partial charge in [-0.2, -0.15) is 0 Å². The molecular formula is C14H14O4. The summed E-state index contributed by atoms with van der Waals surface area (Å²) in [7, 11) is 0. The van der Waals surface area contributed by atoms with Crippen molar-refractivity contribution in [1.29, 1.82) is 0 Å². The van der Waals surface area contributed by atoms with Crippen LogP contribution in [0, 0.1) is 6.92 Å². The van der Waals surface area contributed by atoms with E-state index in [2.05, 4.69) is 0 Å². The molecule has 0 spiro atoms. The average molecular weight is 246 g/mol. The molecule has 1 aromatic rings. The van der Waals surface area contributed by atoms with Crippen LogP contribution >= 0.6 is 0 Å². The maximum Gasteiger partial charge on any atom is 0.338 e. The van der Waals surface area contributed by atoms with Gasteiger partial charge in [0.05, 0.1) is 5.56 Å². The fourth-order valence-electron chi connectivity index (χ4n) is 1.72. The van der Waals surface area contributed by atoms with E-state index < -0.39 is 11.9 Å². The quantitative estimate of drug-likeness (QED) is 0.766. The molecule has 0 bridgehead atoms. The molecule has 0 aromatic heterocycles. The number of esters is 2. The number of rotatable bonds is 3. The minimum absolute atomic E-state index is 0.0866. The summed E-state index contributed by atoms with van der Waals surface area (Å²) >= 11 is 0. The Morgan fingerprint density at radius 1 is 1.44 bits per heavy atom. The van der Waals surface area contributed by atoms with Gasteiger partial charge in [-0.3, -0.25) is 0 Å². The van der Waals surface area contributed by atoms with Crippen molar-refractivity contribution >= 4 is 11.9 Å². The maximum absolute atomic E-state index is 11.8. The van der Waals surface area contributed by atoms with Gasteiger partial charge in [0.2, 0.25) is 0 Å². The van der Waals surface area contributed by atoms with E-state index in [0.29, 0.717) is 12.0 Å². The van der Waals surface area contributed by atoms with Crippen molar-refractivity contribution in [3.63, 3.8) is 0 Å². The zero-order valence-corrected chi connectivity index (χ0v) is 10.1. The van der Waals surface area contributed by atoms with Crippen molar-refractivity contribution in [2.75, 3.05) is 6.61 Å². The molecule has 4 heteroatoms. The molecule has 0 saturated carbocycles. The average Bonchev–Trinajstić information content (AvgIpc) is 2.37. The molecule has 0 radical (unpaired) electrons. The van der Waals surface area contributed by atoms with E-state index in [1.165, 1.54) is 6.08 Å². The van der Waals surface area contributed by atoms with E-state index in [4.69, 9.17) is 9.47 Å². The molecular weight excluding hydrogens is 232 g/mol. The number of carbonyl (C=O) groups is 2. The summed E-state index contributed by atoms with van der Waals surface area (Å²) in [6.45, 7) is 1.93. The molecule has 1 aromatic carbocycles. The molecule has 2 rings (SSSR count). The highest BCUT2D eigenvalue weighted by Gasteiger charge is 2.18. The Morgan fingerprint density at radius 2 is 2.22 bits per heavy atom. The zero-order valence-electron chi connectivity index (χ0n) is 10.1. The molecule has 1 aliphatic heterocycles. The van der Waals surface area contributed by atoms with Gasteiger partial charge >= 0.3 is 11.9 Å². The molecule has 1 atom stereocenters. The van der Waals surface area contributed by atoms with Gasteiger partial charge in [0.1, 0.15) is 12.7 Å². The van der Waals surface area contributed by atoms with E-state index in [9.17, 15) is 9.59 Å². The minimum atomic E-state index is -0.391. The summed E-state index contributed by atoms with van der Waals surface area (Å²) in [5.74, 6) is -0.781. The Balaban J connectivity index is 1.91. The summed E-state index contributed by atoms with van der Waals surface area (Å²) in [5.41, 5.74) is 1.40. The van der Waals surface area contributed by atoms with Crippen molar-refractivity contribution in [3.8, 4) is 0 Å². The molecule has 94 valence electrons. The van der Waals surface area contributed by atoms with Gasteiger partial charge in [0.15, 0.2) is 0 Å². The molecule has 1 heterocycles. The van der Waals surface area contributed by atoms with Crippen molar-refractivity contribution in [1.82, 2.24) is 0 Å². The second-order valence-electron chi connectivity index (χ2n) is 4.11. The third kappa shape index (κ3) is 2.97. The van der Waals surface area contributed by atoms with E-state index in [0.717, 1.165) is 5.56 Å². The molecule has 0 aliphatic carbocycles. The number of ether oxygens (including phenoxy) is 2. The van der Waals surface area contributed by atoms with Gasteiger partial charge in [-0.1, -0.05) is 24.3 Å². The minimum Gasteiger partial charge on any atom is -0.458 e. The first kappa shape index (κ1) is 12.4. The van der Waals surface area contributed by atoms with Crippen molar-refractivity contribution in [2.45, 2.75) is 19.4 Å². The van der Waals surface area contributed by atoms with Crippen LogP contribution in [-0.2, 0) is 14.3 Å². The summed E-state index contributed by atoms with van der Waals surface area (Å²) < 4.78 is 10.1. The lowest BCUT2D eigenvalue weighted by Gasteiger charge is -2.18. The van der Waals surface area contributed by atoms with Crippen molar-refractivity contribution in [3.05, 3.63) is 47.5 Å². The number of cyclic esters (lactones) is 1. The highest BCUT2D eigenvalue weighted by molar-refractivity contribution is 5.91. The maximum atomic E-state index is 11.8. The molecule has 4 nitrogen and oxygen atoms in total. The largest absolute Gasteiger partial charge is 0.458 e. The number of hydrogen-bond acceptors (Lipinski definition) is 4. The Hall–Kier alpha value is -2.10. The standard InChI is InChI=1S/C14H14O4/c1-10-5-2-3-7-12(10)14(16)17-9-11-6-4-8-13(15)18-11/h2-5,7-8,11H,6,9H2,1H3. The van der Waals surface area contributed by atoms with Crippen LogP contribution in [0.1, 0.15) is 22.3 Å². The summed E-state index contributed by atoms with van der Waals surface area (Å²) in [6.07, 6.45) is 3.29. The molecule has 0 N–H and O–H groups in total. The molecule has 1 unspecified atom stereocenters. The molecule has 0 fully saturated rings. The normalized spacial score (nSPS) is 18.3. The highest BCUT2D eigenvalue weighted by Crippen LogP contribution is 2.11. The first-order valence-electron chi connectivity index (χ1n) is 5.76. The fourth-order valence-corrected chi connectivity index (χ4v) is 1.72. The SMILES string of the molecule is Cc1ccccc1C(=O)OCC1CC=CC(=O)O1. The van der Waals surface area contributed by atoms with Crippen LogP contribution < -0.4 is 0 Å². The fraction of sp³-hybridized carbons (Fsp3) is 0.286. The van der Waals surface area contributed by atoms with E-state index >= 15 is 0 Å². The predicted molar refractivity (Wildman–Crippen MR) is 65.1 cm³/mol. The first-order valence-corrected chi connectivity index (χ1v) is 5.76. The van der Waals surface area contributed by atoms with Crippen LogP contribution in [0.2, 0.25) is 0 Å². The molecule has 18 heavy (non-hydrogen) atoms. The highest BCUT2D eigenvalue weighted by atomic mass is 16.6. The first-order chi connectivity index (χ1) is 8.66. The monoisotopic (exact) mass is 246 g/mol. The van der Waals surface area contributed by atoms with Gasteiger partial charge < -0.3 is 9.47 Å². The van der Waals surface area contributed by atoms with Crippen LogP contribution in [-0.4, -0.2) is 24.6 Å². The molecule has 0 amide bonds. The van der Waals surface area contributed by atoms with Crippen LogP contribution in [0.5, 0.6) is 0 Å².